The van der Waals surface area contributed by atoms with E-state index >= 15 is 0 Å². The first-order valence-electron chi connectivity index (χ1n) is 6.22. The second-order valence-electron chi connectivity index (χ2n) is 4.43. The highest BCUT2D eigenvalue weighted by Crippen LogP contribution is 2.28. The average Bonchev–Trinajstić information content (AvgIpc) is 2.89. The summed E-state index contributed by atoms with van der Waals surface area (Å²) < 4.78 is 5.21. The first-order valence-corrected chi connectivity index (χ1v) is 6.22. The number of hydrogen-bond donors (Lipinski definition) is 2. The summed E-state index contributed by atoms with van der Waals surface area (Å²) in [4.78, 5) is 3.19. The van der Waals surface area contributed by atoms with Gasteiger partial charge in [-0.25, -0.2) is 0 Å². The van der Waals surface area contributed by atoms with Crippen LogP contribution in [0.15, 0.2) is 48.7 Å². The quantitative estimate of drug-likeness (QED) is 0.755. The van der Waals surface area contributed by atoms with Gasteiger partial charge in [0, 0.05) is 28.9 Å². The van der Waals surface area contributed by atoms with Crippen molar-refractivity contribution >= 4 is 22.3 Å². The van der Waals surface area contributed by atoms with Crippen molar-refractivity contribution in [3.8, 4) is 11.8 Å². The minimum Gasteiger partial charge on any atom is -0.497 e. The number of methoxy groups -OCH3 is 1. The van der Waals surface area contributed by atoms with Crippen LogP contribution in [0, 0.1) is 11.3 Å². The van der Waals surface area contributed by atoms with Gasteiger partial charge in [-0.05, 0) is 30.3 Å². The molecule has 4 nitrogen and oxygen atoms in total. The molecule has 0 unspecified atom stereocenters. The molecule has 0 saturated carbocycles. The van der Waals surface area contributed by atoms with Crippen LogP contribution in [0.5, 0.6) is 5.75 Å². The fraction of sp³-hybridized carbons (Fsp3) is 0.0625. The maximum Gasteiger partial charge on any atom is 0.120 e. The van der Waals surface area contributed by atoms with E-state index in [2.05, 4.69) is 16.4 Å². The first-order chi connectivity index (χ1) is 9.80. The third kappa shape index (κ3) is 2.17. The molecule has 0 aliphatic rings. The Hall–Kier alpha value is -2.93. The van der Waals surface area contributed by atoms with Crippen LogP contribution in [0.4, 0.5) is 11.4 Å². The summed E-state index contributed by atoms with van der Waals surface area (Å²) >= 11 is 0. The summed E-state index contributed by atoms with van der Waals surface area (Å²) in [5, 5.41) is 13.3. The normalized spacial score (nSPS) is 10.2. The number of hydrogen-bond acceptors (Lipinski definition) is 3. The molecule has 0 fully saturated rings. The molecule has 2 N–H and O–H groups in total. The number of aromatic amines is 1. The summed E-state index contributed by atoms with van der Waals surface area (Å²) in [6.45, 7) is 0. The van der Waals surface area contributed by atoms with Gasteiger partial charge >= 0.3 is 0 Å². The van der Waals surface area contributed by atoms with Crippen molar-refractivity contribution in [2.24, 2.45) is 0 Å². The van der Waals surface area contributed by atoms with Crippen molar-refractivity contribution in [3.05, 3.63) is 54.2 Å². The van der Waals surface area contributed by atoms with Crippen LogP contribution in [-0.2, 0) is 0 Å². The SMILES string of the molecule is COc1cccc(Nc2c[nH]c3ccc(C#N)cc23)c1. The Morgan fingerprint density at radius 3 is 2.90 bits per heavy atom. The lowest BCUT2D eigenvalue weighted by Gasteiger charge is -2.07. The Kier molecular flexibility index (Phi) is 3.02. The van der Waals surface area contributed by atoms with Crippen LogP contribution in [0.25, 0.3) is 10.9 Å². The van der Waals surface area contributed by atoms with Crippen LogP contribution in [-0.4, -0.2) is 12.1 Å². The van der Waals surface area contributed by atoms with Crippen molar-refractivity contribution in [2.75, 3.05) is 12.4 Å². The van der Waals surface area contributed by atoms with E-state index in [0.717, 1.165) is 28.0 Å². The molecule has 0 radical (unpaired) electrons. The number of fused-ring (bicyclic) bond motifs is 1. The van der Waals surface area contributed by atoms with E-state index < -0.39 is 0 Å². The maximum atomic E-state index is 8.99. The first kappa shape index (κ1) is 12.1. The van der Waals surface area contributed by atoms with Crippen LogP contribution in [0.2, 0.25) is 0 Å². The van der Waals surface area contributed by atoms with Gasteiger partial charge in [0.1, 0.15) is 5.75 Å². The highest BCUT2D eigenvalue weighted by Gasteiger charge is 2.05. The number of rotatable bonds is 3. The van der Waals surface area contributed by atoms with Gasteiger partial charge in [-0.3, -0.25) is 0 Å². The third-order valence-electron chi connectivity index (χ3n) is 3.16. The van der Waals surface area contributed by atoms with Gasteiger partial charge in [-0.15, -0.1) is 0 Å². The molecule has 4 heteroatoms. The summed E-state index contributed by atoms with van der Waals surface area (Å²) in [6, 6.07) is 15.4. The third-order valence-corrected chi connectivity index (χ3v) is 3.16. The Morgan fingerprint density at radius 2 is 2.10 bits per heavy atom. The number of nitrogens with zero attached hydrogens (tertiary/aromatic N) is 1. The molecule has 98 valence electrons. The molecule has 1 aromatic heterocycles. The molecule has 0 bridgehead atoms. The number of anilines is 2. The topological polar surface area (TPSA) is 60.8 Å². The molecule has 0 amide bonds. The van der Waals surface area contributed by atoms with Crippen molar-refractivity contribution < 1.29 is 4.74 Å². The lowest BCUT2D eigenvalue weighted by Crippen LogP contribution is -1.90. The summed E-state index contributed by atoms with van der Waals surface area (Å²) in [5.41, 5.74) is 3.51. The predicted octanol–water partition coefficient (Wildman–Crippen LogP) is 3.79. The fourth-order valence-electron chi connectivity index (χ4n) is 2.15. The van der Waals surface area contributed by atoms with E-state index in [1.165, 1.54) is 0 Å². The average molecular weight is 263 g/mol. The Balaban J connectivity index is 2.00. The van der Waals surface area contributed by atoms with Crippen molar-refractivity contribution in [1.82, 2.24) is 4.98 Å². The van der Waals surface area contributed by atoms with Crippen molar-refractivity contribution in [1.29, 1.82) is 5.26 Å². The zero-order valence-electron chi connectivity index (χ0n) is 11.0. The summed E-state index contributed by atoms with van der Waals surface area (Å²) in [5.74, 6) is 0.799. The van der Waals surface area contributed by atoms with E-state index in [9.17, 15) is 0 Å². The van der Waals surface area contributed by atoms with E-state index in [1.54, 1.807) is 13.2 Å². The van der Waals surface area contributed by atoms with Crippen LogP contribution in [0.3, 0.4) is 0 Å². The second kappa shape index (κ2) is 4.98. The number of nitriles is 1. The van der Waals surface area contributed by atoms with E-state index in [4.69, 9.17) is 10.00 Å². The zero-order chi connectivity index (χ0) is 13.9. The van der Waals surface area contributed by atoms with Gasteiger partial charge in [0.2, 0.25) is 0 Å². The lowest BCUT2D eigenvalue weighted by molar-refractivity contribution is 0.415. The molecule has 0 spiro atoms. The van der Waals surface area contributed by atoms with E-state index in [0.29, 0.717) is 5.56 Å². The number of benzene rings is 2. The molecule has 0 aliphatic heterocycles. The fourth-order valence-corrected chi connectivity index (χ4v) is 2.15. The summed E-state index contributed by atoms with van der Waals surface area (Å²) in [6.07, 6.45) is 1.89. The highest BCUT2D eigenvalue weighted by atomic mass is 16.5. The smallest absolute Gasteiger partial charge is 0.120 e. The van der Waals surface area contributed by atoms with Gasteiger partial charge in [-0.2, -0.15) is 5.26 Å². The minimum absolute atomic E-state index is 0.644. The lowest BCUT2D eigenvalue weighted by atomic mass is 10.1. The minimum atomic E-state index is 0.644. The monoisotopic (exact) mass is 263 g/mol. The molecular formula is C16H13N3O. The molecule has 0 aliphatic carbocycles. The molecule has 1 heterocycles. The standard InChI is InChI=1S/C16H13N3O/c1-20-13-4-2-3-12(8-13)19-16-10-18-15-6-5-11(9-17)7-14(15)16/h2-8,10,18-19H,1H3. The van der Waals surface area contributed by atoms with Crippen LogP contribution in [0.1, 0.15) is 5.56 Å². The molecule has 3 rings (SSSR count). The highest BCUT2D eigenvalue weighted by molar-refractivity contribution is 5.94. The molecule has 0 atom stereocenters. The Bertz CT molecular complexity index is 799. The van der Waals surface area contributed by atoms with Crippen LogP contribution < -0.4 is 10.1 Å². The van der Waals surface area contributed by atoms with E-state index in [1.807, 2.05) is 42.6 Å². The molecule has 0 saturated heterocycles. The number of ether oxygens (including phenoxy) is 1. The molecular weight excluding hydrogens is 250 g/mol. The number of aromatic nitrogens is 1. The number of nitrogens with one attached hydrogen (secondary N) is 2. The largest absolute Gasteiger partial charge is 0.497 e. The van der Waals surface area contributed by atoms with Gasteiger partial charge in [0.05, 0.1) is 24.4 Å². The van der Waals surface area contributed by atoms with Crippen molar-refractivity contribution in [3.63, 3.8) is 0 Å². The summed E-state index contributed by atoms with van der Waals surface area (Å²) in [7, 11) is 1.64. The van der Waals surface area contributed by atoms with Gasteiger partial charge in [0.25, 0.3) is 0 Å². The molecule has 20 heavy (non-hydrogen) atoms. The number of H-pyrrole nitrogens is 1. The van der Waals surface area contributed by atoms with Crippen molar-refractivity contribution in [2.45, 2.75) is 0 Å². The van der Waals surface area contributed by atoms with Gasteiger partial charge < -0.3 is 15.0 Å². The van der Waals surface area contributed by atoms with E-state index in [-0.39, 0.29) is 0 Å². The van der Waals surface area contributed by atoms with Gasteiger partial charge in [-0.1, -0.05) is 6.07 Å². The Labute approximate surface area is 116 Å². The second-order valence-corrected chi connectivity index (χ2v) is 4.43. The maximum absolute atomic E-state index is 8.99. The van der Waals surface area contributed by atoms with Gasteiger partial charge in [0.15, 0.2) is 0 Å². The zero-order valence-corrected chi connectivity index (χ0v) is 11.0. The van der Waals surface area contributed by atoms with Crippen LogP contribution >= 0.6 is 0 Å². The molecule has 2 aromatic carbocycles. The Morgan fingerprint density at radius 1 is 1.20 bits per heavy atom. The molecule has 3 aromatic rings. The predicted molar refractivity (Wildman–Crippen MR) is 79.3 cm³/mol.